The van der Waals surface area contributed by atoms with Crippen molar-refractivity contribution in [2.75, 3.05) is 26.2 Å². The monoisotopic (exact) mass is 747 g/mol. The number of carbonyl (C=O) groups is 1. The van der Waals surface area contributed by atoms with Crippen molar-refractivity contribution in [1.29, 1.82) is 0 Å². The van der Waals surface area contributed by atoms with Crippen LogP contribution in [0.3, 0.4) is 0 Å². The molecule has 2 aliphatic heterocycles. The summed E-state index contributed by atoms with van der Waals surface area (Å²) in [6.45, 7) is 2.43. The lowest BCUT2D eigenvalue weighted by Gasteiger charge is -2.38. The molecule has 0 N–H and O–H groups in total. The molecule has 1 atom stereocenters. The minimum atomic E-state index is -3.36. The second-order valence-corrected chi connectivity index (χ2v) is 16.3. The van der Waals surface area contributed by atoms with E-state index in [2.05, 4.69) is 44.0 Å². The molecule has 6 nitrogen and oxygen atoms in total. The van der Waals surface area contributed by atoms with Gasteiger partial charge in [-0.25, -0.2) is 12.7 Å². The molecule has 0 radical (unpaired) electrons. The van der Waals surface area contributed by atoms with E-state index in [9.17, 15) is 13.2 Å². The Morgan fingerprint density at radius 3 is 2.35 bits per heavy atom. The van der Waals surface area contributed by atoms with Gasteiger partial charge < -0.3 is 4.90 Å². The maximum absolute atomic E-state index is 13.4. The number of likely N-dealkylation sites (tertiary alicyclic amines) is 1. The summed E-state index contributed by atoms with van der Waals surface area (Å²) >= 11 is 13.9. The van der Waals surface area contributed by atoms with Crippen molar-refractivity contribution in [1.82, 2.24) is 14.2 Å². The summed E-state index contributed by atoms with van der Waals surface area (Å²) in [5.74, 6) is 0.951. The van der Waals surface area contributed by atoms with Gasteiger partial charge in [0.2, 0.25) is 15.9 Å². The molecule has 2 aromatic carbocycles. The third-order valence-corrected chi connectivity index (χ3v) is 12.6. The number of aromatic nitrogens is 1. The van der Waals surface area contributed by atoms with Crippen molar-refractivity contribution in [2.45, 2.75) is 56.6 Å². The Morgan fingerprint density at radius 1 is 0.930 bits per heavy atom. The van der Waals surface area contributed by atoms with E-state index in [1.165, 1.54) is 16.7 Å². The van der Waals surface area contributed by atoms with Gasteiger partial charge in [0, 0.05) is 58.7 Å². The molecule has 3 heterocycles. The van der Waals surface area contributed by atoms with Crippen LogP contribution in [0.15, 0.2) is 63.7 Å². The number of halogens is 3. The minimum absolute atomic E-state index is 0.0265. The van der Waals surface area contributed by atoms with Crippen LogP contribution in [0.5, 0.6) is 0 Å². The van der Waals surface area contributed by atoms with Gasteiger partial charge in [-0.2, -0.15) is 0 Å². The molecule has 6 rings (SSSR count). The molecule has 1 amide bonds. The van der Waals surface area contributed by atoms with E-state index in [0.29, 0.717) is 25.4 Å². The first kappa shape index (κ1) is 31.2. The van der Waals surface area contributed by atoms with E-state index >= 15 is 0 Å². The first-order chi connectivity index (χ1) is 20.7. The number of aryl methyl sites for hydroxylation is 2. The van der Waals surface area contributed by atoms with Crippen LogP contribution in [0.4, 0.5) is 0 Å². The standard InChI is InChI=1S/C33H36Br2ClN3O3S/c34-27-17-26-7-6-25-18-28(36)19-29(35)31(25)32(33(26)37-20-27)24-10-12-38(13-11-24)30(40)16-22-8-14-39(15-9-22)43(41,42)21-23-4-2-1-3-5-23/h1-5,17-20,22,24,32H,6-16,21H2/t32-/m1/s1. The summed E-state index contributed by atoms with van der Waals surface area (Å²) in [7, 11) is -3.36. The topological polar surface area (TPSA) is 70.6 Å². The SMILES string of the molecule is O=C(CC1CCN(S(=O)(=O)Cc2ccccc2)CC1)N1CCC([C@H]2c3ncc(Br)cc3CCc3cc(Cl)cc(Br)c32)CC1. The highest BCUT2D eigenvalue weighted by Gasteiger charge is 2.37. The zero-order valence-electron chi connectivity index (χ0n) is 24.0. The van der Waals surface area contributed by atoms with Gasteiger partial charge in [0.15, 0.2) is 0 Å². The third kappa shape index (κ3) is 7.06. The van der Waals surface area contributed by atoms with Gasteiger partial charge in [-0.05, 0) is 107 Å². The zero-order valence-corrected chi connectivity index (χ0v) is 28.8. The predicted octanol–water partition coefficient (Wildman–Crippen LogP) is 7.36. The molecule has 1 aromatic heterocycles. The lowest BCUT2D eigenvalue weighted by molar-refractivity contribution is -0.133. The predicted molar refractivity (Wildman–Crippen MR) is 178 cm³/mol. The van der Waals surface area contributed by atoms with Gasteiger partial charge in [-0.1, -0.05) is 57.9 Å². The number of amides is 1. The van der Waals surface area contributed by atoms with Crippen molar-refractivity contribution in [3.05, 3.63) is 96.6 Å². The van der Waals surface area contributed by atoms with Crippen LogP contribution in [0.2, 0.25) is 5.02 Å². The van der Waals surface area contributed by atoms with E-state index in [-0.39, 0.29) is 23.5 Å². The van der Waals surface area contributed by atoms with Crippen LogP contribution >= 0.6 is 43.5 Å². The van der Waals surface area contributed by atoms with Crippen LogP contribution in [0.1, 0.15) is 66.0 Å². The lowest BCUT2D eigenvalue weighted by Crippen LogP contribution is -2.43. The van der Waals surface area contributed by atoms with Gasteiger partial charge in [-0.3, -0.25) is 9.78 Å². The van der Waals surface area contributed by atoms with Crippen LogP contribution in [0, 0.1) is 11.8 Å². The van der Waals surface area contributed by atoms with Crippen molar-refractivity contribution in [3.8, 4) is 0 Å². The van der Waals surface area contributed by atoms with Gasteiger partial charge >= 0.3 is 0 Å². The Bertz CT molecular complexity index is 1590. The molecule has 228 valence electrons. The molecule has 3 aliphatic rings. The summed E-state index contributed by atoms with van der Waals surface area (Å²) in [6, 6.07) is 15.6. The normalized spacial score (nSPS) is 20.3. The zero-order chi connectivity index (χ0) is 30.1. The fraction of sp³-hybridized carbons (Fsp3) is 0.455. The maximum Gasteiger partial charge on any atom is 0.222 e. The Kier molecular flexibility index (Phi) is 9.65. The second kappa shape index (κ2) is 13.3. The number of pyridine rings is 1. The van der Waals surface area contributed by atoms with E-state index < -0.39 is 10.0 Å². The van der Waals surface area contributed by atoms with Crippen molar-refractivity contribution in [2.24, 2.45) is 11.8 Å². The molecule has 10 heteroatoms. The van der Waals surface area contributed by atoms with E-state index in [4.69, 9.17) is 16.6 Å². The number of benzene rings is 2. The smallest absolute Gasteiger partial charge is 0.222 e. The van der Waals surface area contributed by atoms with Crippen molar-refractivity contribution < 1.29 is 13.2 Å². The van der Waals surface area contributed by atoms with Gasteiger partial charge in [-0.15, -0.1) is 0 Å². The Hall–Kier alpha value is -1.78. The molecule has 3 aromatic rings. The van der Waals surface area contributed by atoms with Gasteiger partial charge in [0.05, 0.1) is 11.4 Å². The molecule has 1 aliphatic carbocycles. The Balaban J connectivity index is 1.08. The van der Waals surface area contributed by atoms with E-state index in [0.717, 1.165) is 76.8 Å². The third-order valence-electron chi connectivity index (χ3n) is 9.40. The number of carbonyl (C=O) groups excluding carboxylic acids is 1. The number of hydrogen-bond acceptors (Lipinski definition) is 4. The van der Waals surface area contributed by atoms with Gasteiger partial charge in [0.25, 0.3) is 0 Å². The summed E-state index contributed by atoms with van der Waals surface area (Å²) in [4.78, 5) is 20.4. The van der Waals surface area contributed by atoms with Crippen LogP contribution < -0.4 is 0 Å². The molecular formula is C33H36Br2ClN3O3S. The number of nitrogens with zero attached hydrogens (tertiary/aromatic N) is 3. The number of sulfonamides is 1. The number of rotatable bonds is 6. The van der Waals surface area contributed by atoms with Crippen molar-refractivity contribution >= 4 is 59.4 Å². The van der Waals surface area contributed by atoms with Crippen molar-refractivity contribution in [3.63, 3.8) is 0 Å². The summed E-state index contributed by atoms with van der Waals surface area (Å²) < 4.78 is 29.5. The number of hydrogen-bond donors (Lipinski definition) is 0. The average molecular weight is 750 g/mol. The molecular weight excluding hydrogens is 714 g/mol. The summed E-state index contributed by atoms with van der Waals surface area (Å²) in [6.07, 6.45) is 7.51. The Labute approximate surface area is 276 Å². The lowest BCUT2D eigenvalue weighted by atomic mass is 9.76. The first-order valence-corrected chi connectivity index (χ1v) is 18.7. The molecule has 43 heavy (non-hydrogen) atoms. The minimum Gasteiger partial charge on any atom is -0.343 e. The molecule has 0 unspecified atom stereocenters. The molecule has 2 saturated heterocycles. The van der Waals surface area contributed by atoms with E-state index in [1.807, 2.05) is 47.5 Å². The fourth-order valence-electron chi connectivity index (χ4n) is 7.16. The maximum atomic E-state index is 13.4. The van der Waals surface area contributed by atoms with Crippen LogP contribution in [0.25, 0.3) is 0 Å². The molecule has 0 saturated carbocycles. The van der Waals surface area contributed by atoms with Crippen LogP contribution in [-0.4, -0.2) is 54.7 Å². The fourth-order valence-corrected chi connectivity index (χ4v) is 10.2. The highest BCUT2D eigenvalue weighted by atomic mass is 79.9. The number of piperidine rings is 2. The van der Waals surface area contributed by atoms with E-state index in [1.54, 1.807) is 4.31 Å². The molecule has 0 bridgehead atoms. The Morgan fingerprint density at radius 2 is 1.63 bits per heavy atom. The molecule has 2 fully saturated rings. The van der Waals surface area contributed by atoms with Gasteiger partial charge in [0.1, 0.15) is 0 Å². The highest BCUT2D eigenvalue weighted by molar-refractivity contribution is 9.10. The highest BCUT2D eigenvalue weighted by Crippen LogP contribution is 2.46. The largest absolute Gasteiger partial charge is 0.343 e. The molecule has 0 spiro atoms. The van der Waals surface area contributed by atoms with Crippen LogP contribution in [-0.2, 0) is 33.4 Å². The number of fused-ring (bicyclic) bond motifs is 2. The first-order valence-electron chi connectivity index (χ1n) is 15.1. The summed E-state index contributed by atoms with van der Waals surface area (Å²) in [5, 5.41) is 0.740. The second-order valence-electron chi connectivity index (χ2n) is 12.1. The quantitative estimate of drug-likeness (QED) is 0.264. The average Bonchev–Trinajstić information content (AvgIpc) is 3.14. The summed E-state index contributed by atoms with van der Waals surface area (Å²) in [5.41, 5.74) is 5.78.